The maximum Gasteiger partial charge on any atom is 0.136 e. The fraction of sp³-hybridized carbons (Fsp3) is 0.273. The van der Waals surface area contributed by atoms with Gasteiger partial charge >= 0.3 is 0 Å². The van der Waals surface area contributed by atoms with Gasteiger partial charge in [0.1, 0.15) is 21.8 Å². The molecule has 0 spiro atoms. The highest BCUT2D eigenvalue weighted by Crippen LogP contribution is 2.27. The van der Waals surface area contributed by atoms with Crippen molar-refractivity contribution < 1.29 is 4.42 Å². The Morgan fingerprint density at radius 1 is 1.38 bits per heavy atom. The Kier molecular flexibility index (Phi) is 3.51. The van der Waals surface area contributed by atoms with Gasteiger partial charge in [-0.2, -0.15) is 0 Å². The van der Waals surface area contributed by atoms with Crippen molar-refractivity contribution in [2.45, 2.75) is 24.6 Å². The largest absolute Gasteiger partial charge is 0.468 e. The lowest BCUT2D eigenvalue weighted by Gasteiger charge is -2.05. The molecule has 3 nitrogen and oxygen atoms in total. The van der Waals surface area contributed by atoms with Crippen LogP contribution in [0.1, 0.15) is 17.1 Å². The van der Waals surface area contributed by atoms with Crippen LogP contribution in [-0.2, 0) is 5.75 Å². The quantitative estimate of drug-likeness (QED) is 0.619. The number of hydrogen-bond donors (Lipinski definition) is 0. The highest BCUT2D eigenvalue weighted by molar-refractivity contribution is 7.98. The van der Waals surface area contributed by atoms with E-state index >= 15 is 0 Å². The van der Waals surface area contributed by atoms with Crippen molar-refractivity contribution in [1.82, 2.24) is 9.97 Å². The number of rotatable bonds is 3. The molecular formula is C11H11ClN2OS. The molecule has 0 aliphatic carbocycles. The van der Waals surface area contributed by atoms with Gasteiger partial charge in [-0.15, -0.1) is 0 Å². The van der Waals surface area contributed by atoms with Gasteiger partial charge in [0, 0.05) is 5.56 Å². The molecule has 2 rings (SSSR count). The molecule has 0 aliphatic heterocycles. The Morgan fingerprint density at radius 3 is 2.88 bits per heavy atom. The van der Waals surface area contributed by atoms with E-state index in [9.17, 15) is 0 Å². The van der Waals surface area contributed by atoms with Crippen LogP contribution in [0.3, 0.4) is 0 Å². The van der Waals surface area contributed by atoms with Gasteiger partial charge in [0.15, 0.2) is 0 Å². The molecule has 0 unspecified atom stereocenters. The van der Waals surface area contributed by atoms with Crippen LogP contribution in [0.2, 0.25) is 5.15 Å². The second kappa shape index (κ2) is 4.89. The van der Waals surface area contributed by atoms with Crippen molar-refractivity contribution in [1.29, 1.82) is 0 Å². The number of thioether (sulfide) groups is 1. The molecule has 0 bridgehead atoms. The summed E-state index contributed by atoms with van der Waals surface area (Å²) in [5.41, 5.74) is 0.920. The fourth-order valence-corrected chi connectivity index (χ4v) is 2.47. The topological polar surface area (TPSA) is 38.9 Å². The molecule has 2 aromatic rings. The van der Waals surface area contributed by atoms with Crippen LogP contribution in [0, 0.1) is 13.8 Å². The van der Waals surface area contributed by atoms with Crippen LogP contribution in [0.5, 0.6) is 0 Å². The summed E-state index contributed by atoms with van der Waals surface area (Å²) in [6, 6.07) is 3.82. The van der Waals surface area contributed by atoms with Crippen LogP contribution in [-0.4, -0.2) is 9.97 Å². The Bertz CT molecular complexity index is 485. The van der Waals surface area contributed by atoms with Crippen LogP contribution < -0.4 is 0 Å². The normalized spacial score (nSPS) is 10.7. The molecule has 16 heavy (non-hydrogen) atoms. The first kappa shape index (κ1) is 11.5. The van der Waals surface area contributed by atoms with Gasteiger partial charge < -0.3 is 4.42 Å². The monoisotopic (exact) mass is 254 g/mol. The first-order chi connectivity index (χ1) is 7.66. The number of hydrogen-bond acceptors (Lipinski definition) is 4. The zero-order valence-corrected chi connectivity index (χ0v) is 10.6. The van der Waals surface area contributed by atoms with E-state index in [1.54, 1.807) is 18.0 Å². The minimum Gasteiger partial charge on any atom is -0.468 e. The minimum atomic E-state index is 0.523. The third-order valence-electron chi connectivity index (χ3n) is 2.08. The summed E-state index contributed by atoms with van der Waals surface area (Å²) in [6.45, 7) is 3.76. The van der Waals surface area contributed by atoms with Gasteiger partial charge in [-0.3, -0.25) is 0 Å². The lowest BCUT2D eigenvalue weighted by atomic mass is 10.4. The average Bonchev–Trinajstić information content (AvgIpc) is 2.74. The van der Waals surface area contributed by atoms with Crippen molar-refractivity contribution in [3.05, 3.63) is 40.7 Å². The zero-order chi connectivity index (χ0) is 11.5. The van der Waals surface area contributed by atoms with Gasteiger partial charge in [-0.1, -0.05) is 23.4 Å². The molecule has 0 saturated heterocycles. The van der Waals surface area contributed by atoms with Crippen LogP contribution >= 0.6 is 23.4 Å². The molecule has 0 N–H and O–H groups in total. The number of nitrogens with zero attached hydrogens (tertiary/aromatic N) is 2. The highest BCUT2D eigenvalue weighted by Gasteiger charge is 2.08. The third-order valence-corrected chi connectivity index (χ3v) is 3.55. The summed E-state index contributed by atoms with van der Waals surface area (Å²) in [6.07, 6.45) is 1.67. The van der Waals surface area contributed by atoms with E-state index in [4.69, 9.17) is 16.0 Å². The summed E-state index contributed by atoms with van der Waals surface area (Å²) in [4.78, 5) is 8.46. The first-order valence-electron chi connectivity index (χ1n) is 4.82. The summed E-state index contributed by atoms with van der Waals surface area (Å²) >= 11 is 7.60. The first-order valence-corrected chi connectivity index (χ1v) is 6.19. The number of aryl methyl sites for hydroxylation is 1. The SMILES string of the molecule is Cc1nc(Cl)c(C)c(SCc2ccco2)n1. The molecule has 2 aromatic heterocycles. The Hall–Kier alpha value is -1.00. The molecule has 2 heterocycles. The summed E-state index contributed by atoms with van der Waals surface area (Å²) in [7, 11) is 0. The van der Waals surface area contributed by atoms with E-state index in [2.05, 4.69) is 9.97 Å². The van der Waals surface area contributed by atoms with Gasteiger partial charge in [0.05, 0.1) is 12.0 Å². The van der Waals surface area contributed by atoms with Gasteiger partial charge in [-0.25, -0.2) is 9.97 Å². The van der Waals surface area contributed by atoms with E-state index in [-0.39, 0.29) is 0 Å². The van der Waals surface area contributed by atoms with E-state index in [1.165, 1.54) is 0 Å². The lowest BCUT2D eigenvalue weighted by Crippen LogP contribution is -1.95. The second-order valence-electron chi connectivity index (χ2n) is 3.36. The molecule has 0 saturated carbocycles. The van der Waals surface area contributed by atoms with Crippen LogP contribution in [0.25, 0.3) is 0 Å². The van der Waals surface area contributed by atoms with E-state index in [1.807, 2.05) is 26.0 Å². The molecule has 5 heteroatoms. The number of halogens is 1. The molecule has 84 valence electrons. The summed E-state index contributed by atoms with van der Waals surface area (Å²) in [5, 5.41) is 1.43. The van der Waals surface area contributed by atoms with Crippen LogP contribution in [0.15, 0.2) is 27.8 Å². The van der Waals surface area contributed by atoms with Crippen molar-refractivity contribution >= 4 is 23.4 Å². The molecule has 0 aliphatic rings. The average molecular weight is 255 g/mol. The Balaban J connectivity index is 2.15. The van der Waals surface area contributed by atoms with Crippen molar-refractivity contribution in [2.75, 3.05) is 0 Å². The predicted octanol–water partition coefficient (Wildman–Crippen LogP) is 3.63. The summed E-state index contributed by atoms with van der Waals surface area (Å²) in [5.74, 6) is 2.37. The maximum atomic E-state index is 5.99. The second-order valence-corrected chi connectivity index (χ2v) is 4.68. The third kappa shape index (κ3) is 2.57. The van der Waals surface area contributed by atoms with Crippen molar-refractivity contribution in [3.63, 3.8) is 0 Å². The molecular weight excluding hydrogens is 244 g/mol. The van der Waals surface area contributed by atoms with E-state index in [0.717, 1.165) is 22.1 Å². The molecule has 0 aromatic carbocycles. The lowest BCUT2D eigenvalue weighted by molar-refractivity contribution is 0.530. The van der Waals surface area contributed by atoms with Crippen molar-refractivity contribution in [2.24, 2.45) is 0 Å². The number of furan rings is 1. The maximum absolute atomic E-state index is 5.99. The summed E-state index contributed by atoms with van der Waals surface area (Å²) < 4.78 is 5.26. The van der Waals surface area contributed by atoms with E-state index < -0.39 is 0 Å². The zero-order valence-electron chi connectivity index (χ0n) is 9.03. The van der Waals surface area contributed by atoms with Gasteiger partial charge in [0.25, 0.3) is 0 Å². The van der Waals surface area contributed by atoms with Crippen molar-refractivity contribution in [3.8, 4) is 0 Å². The molecule has 0 atom stereocenters. The molecule has 0 amide bonds. The highest BCUT2D eigenvalue weighted by atomic mass is 35.5. The Morgan fingerprint density at radius 2 is 2.19 bits per heavy atom. The van der Waals surface area contributed by atoms with E-state index in [0.29, 0.717) is 11.0 Å². The number of aromatic nitrogens is 2. The smallest absolute Gasteiger partial charge is 0.136 e. The minimum absolute atomic E-state index is 0.523. The van der Waals surface area contributed by atoms with Gasteiger partial charge in [-0.05, 0) is 26.0 Å². The molecule has 0 radical (unpaired) electrons. The fourth-order valence-electron chi connectivity index (χ4n) is 1.24. The Labute approximate surface area is 103 Å². The standard InChI is InChI=1S/C11H11ClN2OS/c1-7-10(12)13-8(2)14-11(7)16-6-9-4-3-5-15-9/h3-5H,6H2,1-2H3. The van der Waals surface area contributed by atoms with Crippen LogP contribution in [0.4, 0.5) is 0 Å². The predicted molar refractivity (Wildman–Crippen MR) is 64.8 cm³/mol. The van der Waals surface area contributed by atoms with Gasteiger partial charge in [0.2, 0.25) is 0 Å². The molecule has 0 fully saturated rings.